The molecule has 1 N–H and O–H groups in total. The molecule has 0 saturated heterocycles. The van der Waals surface area contributed by atoms with Crippen LogP contribution in [0.25, 0.3) is 10.9 Å². The Bertz CT molecular complexity index is 1010. The molecule has 1 amide bonds. The molecule has 1 aromatic heterocycles. The zero-order valence-electron chi connectivity index (χ0n) is 15.1. The lowest BCUT2D eigenvalue weighted by atomic mass is 10.1. The van der Waals surface area contributed by atoms with Crippen molar-refractivity contribution in [2.45, 2.75) is 25.3 Å². The molecule has 0 spiro atoms. The van der Waals surface area contributed by atoms with Crippen molar-refractivity contribution in [3.05, 3.63) is 69.8 Å². The highest BCUT2D eigenvalue weighted by Crippen LogP contribution is 2.21. The van der Waals surface area contributed by atoms with Gasteiger partial charge in [-0.25, -0.2) is 4.98 Å². The molecular formula is C20H21N3O2S. The summed E-state index contributed by atoms with van der Waals surface area (Å²) in [5, 5.41) is 0.551. The molecular weight excluding hydrogens is 346 g/mol. The summed E-state index contributed by atoms with van der Waals surface area (Å²) in [6, 6.07) is 13.4. The van der Waals surface area contributed by atoms with E-state index in [4.69, 9.17) is 0 Å². The van der Waals surface area contributed by atoms with Crippen molar-refractivity contribution in [3.63, 3.8) is 0 Å². The van der Waals surface area contributed by atoms with Crippen molar-refractivity contribution in [2.24, 2.45) is 0 Å². The molecule has 5 nitrogen and oxygen atoms in total. The quantitative estimate of drug-likeness (QED) is 0.703. The van der Waals surface area contributed by atoms with Gasteiger partial charge in [-0.2, -0.15) is 0 Å². The van der Waals surface area contributed by atoms with Crippen LogP contribution in [-0.2, 0) is 11.3 Å². The topological polar surface area (TPSA) is 66.1 Å². The standard InChI is InChI=1S/C20H21N3O2S/c1-13-8-9-15(10-14(13)2)26-12-19(24)23(3)11-18-21-17-7-5-4-6-16(17)20(25)22-18/h4-10H,11-12H2,1-3H3,(H,21,22,25). The average Bonchev–Trinajstić information content (AvgIpc) is 2.62. The Morgan fingerprint density at radius 3 is 2.69 bits per heavy atom. The van der Waals surface area contributed by atoms with Gasteiger partial charge in [0.15, 0.2) is 0 Å². The van der Waals surface area contributed by atoms with Gasteiger partial charge in [0.05, 0.1) is 23.2 Å². The van der Waals surface area contributed by atoms with Crippen molar-refractivity contribution in [1.82, 2.24) is 14.9 Å². The molecule has 0 unspecified atom stereocenters. The zero-order valence-corrected chi connectivity index (χ0v) is 15.9. The third-order valence-electron chi connectivity index (χ3n) is 4.32. The normalized spacial score (nSPS) is 10.9. The zero-order chi connectivity index (χ0) is 18.7. The summed E-state index contributed by atoms with van der Waals surface area (Å²) in [5.74, 6) is 0.821. The molecule has 26 heavy (non-hydrogen) atoms. The maximum absolute atomic E-state index is 12.4. The van der Waals surface area contributed by atoms with Crippen LogP contribution >= 0.6 is 11.8 Å². The summed E-state index contributed by atoms with van der Waals surface area (Å²) < 4.78 is 0. The smallest absolute Gasteiger partial charge is 0.258 e. The Kier molecular flexibility index (Phi) is 5.42. The monoisotopic (exact) mass is 367 g/mol. The summed E-state index contributed by atoms with van der Waals surface area (Å²) >= 11 is 1.51. The number of hydrogen-bond acceptors (Lipinski definition) is 4. The number of thioether (sulfide) groups is 1. The van der Waals surface area contributed by atoms with Crippen LogP contribution in [0.4, 0.5) is 0 Å². The number of nitrogens with zero attached hydrogens (tertiary/aromatic N) is 2. The summed E-state index contributed by atoms with van der Waals surface area (Å²) in [6.45, 7) is 4.40. The maximum Gasteiger partial charge on any atom is 0.258 e. The third kappa shape index (κ3) is 4.14. The number of H-pyrrole nitrogens is 1. The molecule has 0 fully saturated rings. The number of aromatic amines is 1. The first-order valence-electron chi connectivity index (χ1n) is 8.36. The number of carbonyl (C=O) groups excluding carboxylic acids is 1. The van der Waals surface area contributed by atoms with Gasteiger partial charge < -0.3 is 9.88 Å². The molecule has 134 valence electrons. The number of aryl methyl sites for hydroxylation is 2. The van der Waals surface area contributed by atoms with E-state index in [2.05, 4.69) is 35.9 Å². The summed E-state index contributed by atoms with van der Waals surface area (Å²) in [5.41, 5.74) is 2.91. The first kappa shape index (κ1) is 18.2. The lowest BCUT2D eigenvalue weighted by molar-refractivity contribution is -0.127. The van der Waals surface area contributed by atoms with E-state index < -0.39 is 0 Å². The molecule has 0 aliphatic heterocycles. The Labute approximate surface area is 156 Å². The highest BCUT2D eigenvalue weighted by Gasteiger charge is 2.12. The minimum Gasteiger partial charge on any atom is -0.338 e. The van der Waals surface area contributed by atoms with Crippen molar-refractivity contribution in [1.29, 1.82) is 0 Å². The lowest BCUT2D eigenvalue weighted by Gasteiger charge is -2.16. The third-order valence-corrected chi connectivity index (χ3v) is 5.29. The van der Waals surface area contributed by atoms with E-state index in [1.54, 1.807) is 30.1 Å². The molecule has 3 rings (SSSR count). The van der Waals surface area contributed by atoms with Crippen LogP contribution in [-0.4, -0.2) is 33.6 Å². The predicted octanol–water partition coefficient (Wildman–Crippen LogP) is 3.29. The molecule has 0 aliphatic rings. The predicted molar refractivity (Wildman–Crippen MR) is 105 cm³/mol. The first-order chi connectivity index (χ1) is 12.4. The molecule has 0 atom stereocenters. The van der Waals surface area contributed by atoms with Crippen molar-refractivity contribution in [2.75, 3.05) is 12.8 Å². The Morgan fingerprint density at radius 2 is 1.92 bits per heavy atom. The van der Waals surface area contributed by atoms with E-state index >= 15 is 0 Å². The van der Waals surface area contributed by atoms with E-state index in [9.17, 15) is 9.59 Å². The fraction of sp³-hybridized carbons (Fsp3) is 0.250. The molecule has 3 aromatic rings. The van der Waals surface area contributed by atoms with Crippen LogP contribution in [0, 0.1) is 13.8 Å². The van der Waals surface area contributed by atoms with Gasteiger partial charge in [0.2, 0.25) is 5.91 Å². The molecule has 0 bridgehead atoms. The van der Waals surface area contributed by atoms with Crippen LogP contribution in [0.15, 0.2) is 52.2 Å². The van der Waals surface area contributed by atoms with Gasteiger partial charge in [0.25, 0.3) is 5.56 Å². The highest BCUT2D eigenvalue weighted by atomic mass is 32.2. The van der Waals surface area contributed by atoms with Crippen molar-refractivity contribution in [3.8, 4) is 0 Å². The van der Waals surface area contributed by atoms with Gasteiger partial charge in [-0.05, 0) is 49.2 Å². The molecule has 2 aromatic carbocycles. The van der Waals surface area contributed by atoms with E-state index in [1.165, 1.54) is 22.9 Å². The summed E-state index contributed by atoms with van der Waals surface area (Å²) in [4.78, 5) is 34.4. The van der Waals surface area contributed by atoms with Crippen LogP contribution in [0.3, 0.4) is 0 Å². The summed E-state index contributed by atoms with van der Waals surface area (Å²) in [7, 11) is 1.72. The number of aromatic nitrogens is 2. The van der Waals surface area contributed by atoms with Gasteiger partial charge in [0, 0.05) is 11.9 Å². The second-order valence-corrected chi connectivity index (χ2v) is 7.36. The van der Waals surface area contributed by atoms with Crippen LogP contribution in [0.1, 0.15) is 17.0 Å². The molecule has 0 radical (unpaired) electrons. The summed E-state index contributed by atoms with van der Waals surface area (Å²) in [6.07, 6.45) is 0. The van der Waals surface area contributed by atoms with Gasteiger partial charge in [-0.3, -0.25) is 9.59 Å². The Morgan fingerprint density at radius 1 is 1.15 bits per heavy atom. The molecule has 0 saturated carbocycles. The largest absolute Gasteiger partial charge is 0.338 e. The van der Waals surface area contributed by atoms with Crippen molar-refractivity contribution < 1.29 is 4.79 Å². The first-order valence-corrected chi connectivity index (χ1v) is 9.34. The minimum atomic E-state index is -0.184. The Hall–Kier alpha value is -2.60. The highest BCUT2D eigenvalue weighted by molar-refractivity contribution is 8.00. The SMILES string of the molecule is Cc1ccc(SCC(=O)N(C)Cc2nc3ccccc3c(=O)[nH]2)cc1C. The second-order valence-electron chi connectivity index (χ2n) is 6.31. The minimum absolute atomic E-state index is 0.0102. The van der Waals surface area contributed by atoms with Crippen LogP contribution in [0.5, 0.6) is 0 Å². The molecule has 1 heterocycles. The molecule has 6 heteroatoms. The van der Waals surface area contributed by atoms with Gasteiger partial charge in [0.1, 0.15) is 5.82 Å². The number of fused-ring (bicyclic) bond motifs is 1. The fourth-order valence-corrected chi connectivity index (χ4v) is 3.52. The Balaban J connectivity index is 1.65. The van der Waals surface area contributed by atoms with Gasteiger partial charge in [-0.1, -0.05) is 18.2 Å². The fourth-order valence-electron chi connectivity index (χ4n) is 2.58. The average molecular weight is 367 g/mol. The number of benzene rings is 2. The lowest BCUT2D eigenvalue weighted by Crippen LogP contribution is -2.29. The number of hydrogen-bond donors (Lipinski definition) is 1. The second kappa shape index (κ2) is 7.74. The van der Waals surface area contributed by atoms with E-state index in [0.29, 0.717) is 22.5 Å². The van der Waals surface area contributed by atoms with E-state index in [1.807, 2.05) is 12.1 Å². The van der Waals surface area contributed by atoms with E-state index in [-0.39, 0.29) is 18.0 Å². The number of para-hydroxylation sites is 1. The number of amides is 1. The maximum atomic E-state index is 12.4. The molecule has 0 aliphatic carbocycles. The van der Waals surface area contributed by atoms with E-state index in [0.717, 1.165) is 4.90 Å². The van der Waals surface area contributed by atoms with Crippen molar-refractivity contribution >= 4 is 28.6 Å². The number of nitrogens with one attached hydrogen (secondary N) is 1. The number of rotatable bonds is 5. The van der Waals surface area contributed by atoms with Gasteiger partial charge >= 0.3 is 0 Å². The van der Waals surface area contributed by atoms with Crippen LogP contribution < -0.4 is 5.56 Å². The number of carbonyl (C=O) groups is 1. The van der Waals surface area contributed by atoms with Gasteiger partial charge in [-0.15, -0.1) is 11.8 Å². The van der Waals surface area contributed by atoms with Crippen LogP contribution in [0.2, 0.25) is 0 Å².